The van der Waals surface area contributed by atoms with Crippen LogP contribution in [0.4, 0.5) is 0 Å². The van der Waals surface area contributed by atoms with Gasteiger partial charge in [0.05, 0.1) is 11.1 Å². The summed E-state index contributed by atoms with van der Waals surface area (Å²) in [6.07, 6.45) is 6.01. The molecule has 2 heterocycles. The molecule has 2 rings (SSSR count). The molecule has 0 spiro atoms. The highest BCUT2D eigenvalue weighted by atomic mass is 32.1. The largest absolute Gasteiger partial charge is 0.381 e. The van der Waals surface area contributed by atoms with Gasteiger partial charge in [0, 0.05) is 56.7 Å². The lowest BCUT2D eigenvalue weighted by Crippen LogP contribution is -2.56. The molecule has 1 aliphatic rings. The van der Waals surface area contributed by atoms with E-state index in [0.29, 0.717) is 6.04 Å². The molecule has 0 radical (unpaired) electrons. The smallest absolute Gasteiger partial charge is 0.0878 e. The predicted octanol–water partition coefficient (Wildman–Crippen LogP) is 2.25. The van der Waals surface area contributed by atoms with Crippen molar-refractivity contribution in [3.63, 3.8) is 0 Å². The lowest BCUT2D eigenvalue weighted by atomic mass is 9.83. The molecule has 0 saturated carbocycles. The van der Waals surface area contributed by atoms with Gasteiger partial charge in [0.25, 0.3) is 0 Å². The molecule has 0 aliphatic carbocycles. The van der Waals surface area contributed by atoms with Crippen LogP contribution in [0.5, 0.6) is 0 Å². The summed E-state index contributed by atoms with van der Waals surface area (Å²) in [6.45, 7) is 4.80. The first-order chi connectivity index (χ1) is 9.30. The number of hydrogen-bond acceptors (Lipinski definition) is 5. The van der Waals surface area contributed by atoms with Gasteiger partial charge in [-0.15, -0.1) is 11.3 Å². The van der Waals surface area contributed by atoms with Gasteiger partial charge < -0.3 is 14.8 Å². The second kappa shape index (κ2) is 7.33. The van der Waals surface area contributed by atoms with Crippen molar-refractivity contribution in [1.29, 1.82) is 0 Å². The van der Waals surface area contributed by atoms with Crippen molar-refractivity contribution >= 4 is 11.3 Å². The van der Waals surface area contributed by atoms with Gasteiger partial charge in [-0.25, -0.2) is 0 Å². The zero-order valence-electron chi connectivity index (χ0n) is 11.9. The molecule has 1 atom stereocenters. The Hall–Kier alpha value is -0.490. The highest BCUT2D eigenvalue weighted by Gasteiger charge is 2.40. The molecule has 1 unspecified atom stereocenters. The maximum absolute atomic E-state index is 5.93. The SMILES string of the molecule is CCCNC(Cc1cncs1)C1(OC)CCOCC1. The van der Waals surface area contributed by atoms with Crippen molar-refractivity contribution in [1.82, 2.24) is 10.3 Å². The van der Waals surface area contributed by atoms with Crippen molar-refractivity contribution < 1.29 is 9.47 Å². The van der Waals surface area contributed by atoms with E-state index in [9.17, 15) is 0 Å². The van der Waals surface area contributed by atoms with Crippen molar-refractivity contribution in [3.05, 3.63) is 16.6 Å². The van der Waals surface area contributed by atoms with E-state index in [-0.39, 0.29) is 5.60 Å². The van der Waals surface area contributed by atoms with E-state index < -0.39 is 0 Å². The molecule has 1 fully saturated rings. The second-order valence-electron chi connectivity index (χ2n) is 5.06. The Balaban J connectivity index is 2.09. The molecule has 4 nitrogen and oxygen atoms in total. The Morgan fingerprint density at radius 3 is 2.89 bits per heavy atom. The van der Waals surface area contributed by atoms with Crippen LogP contribution in [0.25, 0.3) is 0 Å². The summed E-state index contributed by atoms with van der Waals surface area (Å²) in [5.74, 6) is 0. The number of aromatic nitrogens is 1. The maximum atomic E-state index is 5.93. The number of thiazole rings is 1. The number of nitrogens with zero attached hydrogens (tertiary/aromatic N) is 1. The van der Waals surface area contributed by atoms with Crippen LogP contribution in [0.1, 0.15) is 31.1 Å². The summed E-state index contributed by atoms with van der Waals surface area (Å²) in [4.78, 5) is 5.49. The molecule has 5 heteroatoms. The fourth-order valence-corrected chi connectivity index (χ4v) is 3.36. The van der Waals surface area contributed by atoms with Crippen LogP contribution in [0.15, 0.2) is 11.7 Å². The van der Waals surface area contributed by atoms with Crippen LogP contribution >= 0.6 is 11.3 Å². The van der Waals surface area contributed by atoms with E-state index in [4.69, 9.17) is 9.47 Å². The molecule has 108 valence electrons. The van der Waals surface area contributed by atoms with Gasteiger partial charge in [0.1, 0.15) is 0 Å². The molecular formula is C14H24N2O2S. The quantitative estimate of drug-likeness (QED) is 0.834. The van der Waals surface area contributed by atoms with E-state index in [0.717, 1.165) is 45.4 Å². The molecule has 0 amide bonds. The third-order valence-corrected chi connectivity index (χ3v) is 4.71. The Labute approximate surface area is 119 Å². The lowest BCUT2D eigenvalue weighted by molar-refractivity contribution is -0.110. The zero-order valence-corrected chi connectivity index (χ0v) is 12.7. The molecule has 1 aromatic heterocycles. The van der Waals surface area contributed by atoms with Crippen molar-refractivity contribution in [2.45, 2.75) is 44.2 Å². The maximum Gasteiger partial charge on any atom is 0.0878 e. The Morgan fingerprint density at radius 1 is 1.53 bits per heavy atom. The van der Waals surface area contributed by atoms with E-state index in [2.05, 4.69) is 17.2 Å². The van der Waals surface area contributed by atoms with Gasteiger partial charge in [0.2, 0.25) is 0 Å². The Morgan fingerprint density at radius 2 is 2.32 bits per heavy atom. The summed E-state index contributed by atoms with van der Waals surface area (Å²) >= 11 is 1.72. The highest BCUT2D eigenvalue weighted by Crippen LogP contribution is 2.30. The highest BCUT2D eigenvalue weighted by molar-refractivity contribution is 7.09. The third kappa shape index (κ3) is 3.75. The number of nitrogens with one attached hydrogen (secondary N) is 1. The monoisotopic (exact) mass is 284 g/mol. The average Bonchev–Trinajstić information content (AvgIpc) is 2.97. The van der Waals surface area contributed by atoms with Crippen LogP contribution < -0.4 is 5.32 Å². The van der Waals surface area contributed by atoms with Gasteiger partial charge in [-0.05, 0) is 13.0 Å². The number of methoxy groups -OCH3 is 1. The fraction of sp³-hybridized carbons (Fsp3) is 0.786. The molecule has 1 aliphatic heterocycles. The van der Waals surface area contributed by atoms with E-state index in [1.54, 1.807) is 11.3 Å². The zero-order chi connectivity index (χ0) is 13.6. The van der Waals surface area contributed by atoms with Crippen LogP contribution in [-0.4, -0.2) is 43.5 Å². The predicted molar refractivity (Wildman–Crippen MR) is 77.7 cm³/mol. The van der Waals surface area contributed by atoms with Crippen LogP contribution in [-0.2, 0) is 15.9 Å². The van der Waals surface area contributed by atoms with Crippen molar-refractivity contribution in [3.8, 4) is 0 Å². The first kappa shape index (κ1) is 14.9. The van der Waals surface area contributed by atoms with Gasteiger partial charge >= 0.3 is 0 Å². The summed E-state index contributed by atoms with van der Waals surface area (Å²) in [7, 11) is 1.83. The number of hydrogen-bond donors (Lipinski definition) is 1. The minimum Gasteiger partial charge on any atom is -0.381 e. The summed E-state index contributed by atoms with van der Waals surface area (Å²) in [5, 5.41) is 3.67. The van der Waals surface area contributed by atoms with E-state index in [1.807, 2.05) is 18.8 Å². The molecule has 0 bridgehead atoms. The summed E-state index contributed by atoms with van der Waals surface area (Å²) in [5.41, 5.74) is 1.80. The van der Waals surface area contributed by atoms with Gasteiger partial charge in [-0.2, -0.15) is 0 Å². The average molecular weight is 284 g/mol. The third-order valence-electron chi connectivity index (χ3n) is 3.91. The lowest BCUT2D eigenvalue weighted by Gasteiger charge is -2.42. The summed E-state index contributed by atoms with van der Waals surface area (Å²) in [6, 6.07) is 0.335. The molecule has 1 N–H and O–H groups in total. The molecule has 1 aromatic rings. The van der Waals surface area contributed by atoms with Crippen LogP contribution in [0, 0.1) is 0 Å². The van der Waals surface area contributed by atoms with E-state index >= 15 is 0 Å². The standard InChI is InChI=1S/C14H24N2O2S/c1-3-6-16-13(9-12-10-15-11-19-12)14(17-2)4-7-18-8-5-14/h10-11,13,16H,3-9H2,1-2H3. The van der Waals surface area contributed by atoms with Crippen molar-refractivity contribution in [2.75, 3.05) is 26.9 Å². The molecular weight excluding hydrogens is 260 g/mol. The van der Waals surface area contributed by atoms with E-state index in [1.165, 1.54) is 4.88 Å². The minimum absolute atomic E-state index is 0.0998. The molecule has 0 aromatic carbocycles. The minimum atomic E-state index is -0.0998. The fourth-order valence-electron chi connectivity index (χ4n) is 2.72. The summed E-state index contributed by atoms with van der Waals surface area (Å²) < 4.78 is 11.4. The number of rotatable bonds is 7. The van der Waals surface area contributed by atoms with Crippen molar-refractivity contribution in [2.24, 2.45) is 0 Å². The molecule has 1 saturated heterocycles. The normalized spacial score (nSPS) is 20.3. The Bertz CT molecular complexity index is 350. The van der Waals surface area contributed by atoms with Crippen LogP contribution in [0.3, 0.4) is 0 Å². The first-order valence-electron chi connectivity index (χ1n) is 7.04. The van der Waals surface area contributed by atoms with Gasteiger partial charge in [0.15, 0.2) is 0 Å². The Kier molecular flexibility index (Phi) is 5.76. The van der Waals surface area contributed by atoms with Crippen LogP contribution in [0.2, 0.25) is 0 Å². The first-order valence-corrected chi connectivity index (χ1v) is 7.92. The van der Waals surface area contributed by atoms with Gasteiger partial charge in [-0.3, -0.25) is 4.98 Å². The number of ether oxygens (including phenoxy) is 2. The second-order valence-corrected chi connectivity index (χ2v) is 6.03. The molecule has 19 heavy (non-hydrogen) atoms. The van der Waals surface area contributed by atoms with Gasteiger partial charge in [-0.1, -0.05) is 6.92 Å². The topological polar surface area (TPSA) is 43.4 Å².